The van der Waals surface area contributed by atoms with Gasteiger partial charge >= 0.3 is 5.97 Å². The molecule has 29 heavy (non-hydrogen) atoms. The zero-order valence-electron chi connectivity index (χ0n) is 15.9. The summed E-state index contributed by atoms with van der Waals surface area (Å²) in [6, 6.07) is 11.4. The highest BCUT2D eigenvalue weighted by Gasteiger charge is 2.29. The summed E-state index contributed by atoms with van der Waals surface area (Å²) in [5, 5.41) is 14.4. The number of carbonyl (C=O) groups excluding carboxylic acids is 2. The third-order valence-corrected chi connectivity index (χ3v) is 4.22. The summed E-state index contributed by atoms with van der Waals surface area (Å²) in [6.07, 6.45) is 1.87. The van der Waals surface area contributed by atoms with Crippen molar-refractivity contribution in [3.8, 4) is 11.5 Å². The van der Waals surface area contributed by atoms with Gasteiger partial charge in [0.1, 0.15) is 0 Å². The summed E-state index contributed by atoms with van der Waals surface area (Å²) >= 11 is 0. The third kappa shape index (κ3) is 5.71. The molecule has 1 aliphatic carbocycles. The molecular formula is C21H22N2O6. The van der Waals surface area contributed by atoms with Gasteiger partial charge in [-0.15, -0.1) is 0 Å². The lowest BCUT2D eigenvalue weighted by molar-refractivity contribution is -0.139. The monoisotopic (exact) mass is 398 g/mol. The Morgan fingerprint density at radius 2 is 1.62 bits per heavy atom. The number of benzene rings is 2. The van der Waals surface area contributed by atoms with E-state index in [1.54, 1.807) is 31.2 Å². The van der Waals surface area contributed by atoms with Gasteiger partial charge in [-0.25, -0.2) is 4.79 Å². The van der Waals surface area contributed by atoms with Crippen LogP contribution in [0, 0.1) is 5.92 Å². The van der Waals surface area contributed by atoms with Gasteiger partial charge in [-0.3, -0.25) is 9.59 Å². The molecule has 2 aromatic rings. The lowest BCUT2D eigenvalue weighted by Gasteiger charge is -2.13. The summed E-state index contributed by atoms with van der Waals surface area (Å²) in [4.78, 5) is 35.0. The number of aliphatic carboxylic acids is 1. The van der Waals surface area contributed by atoms with Crippen LogP contribution in [0.1, 0.15) is 30.1 Å². The van der Waals surface area contributed by atoms with E-state index in [9.17, 15) is 14.4 Å². The fraction of sp³-hybridized carbons (Fsp3) is 0.286. The zero-order chi connectivity index (χ0) is 20.8. The minimum atomic E-state index is -1.11. The second-order valence-electron chi connectivity index (χ2n) is 6.57. The van der Waals surface area contributed by atoms with Crippen LogP contribution in [0.2, 0.25) is 0 Å². The Bertz CT molecular complexity index is 906. The predicted molar refractivity (Wildman–Crippen MR) is 106 cm³/mol. The lowest BCUT2D eigenvalue weighted by atomic mass is 10.1. The van der Waals surface area contributed by atoms with E-state index < -0.39 is 12.6 Å². The van der Waals surface area contributed by atoms with Crippen LogP contribution in [0.15, 0.2) is 42.5 Å². The van der Waals surface area contributed by atoms with Crippen molar-refractivity contribution < 1.29 is 29.0 Å². The maximum absolute atomic E-state index is 12.5. The topological polar surface area (TPSA) is 114 Å². The zero-order valence-corrected chi connectivity index (χ0v) is 15.9. The van der Waals surface area contributed by atoms with Crippen LogP contribution >= 0.6 is 0 Å². The van der Waals surface area contributed by atoms with Gasteiger partial charge in [0.2, 0.25) is 5.91 Å². The first-order valence-electron chi connectivity index (χ1n) is 9.30. The molecule has 152 valence electrons. The van der Waals surface area contributed by atoms with Crippen LogP contribution in [-0.4, -0.2) is 36.1 Å². The molecule has 2 aromatic carbocycles. The number of anilines is 2. The minimum absolute atomic E-state index is 0.0236. The van der Waals surface area contributed by atoms with Gasteiger partial charge in [0, 0.05) is 22.9 Å². The van der Waals surface area contributed by atoms with Crippen molar-refractivity contribution in [2.45, 2.75) is 19.8 Å². The number of rotatable bonds is 9. The fourth-order valence-electron chi connectivity index (χ4n) is 2.61. The van der Waals surface area contributed by atoms with Crippen LogP contribution in [-0.2, 0) is 9.59 Å². The molecule has 1 fully saturated rings. The Morgan fingerprint density at radius 3 is 2.21 bits per heavy atom. The maximum Gasteiger partial charge on any atom is 0.341 e. The van der Waals surface area contributed by atoms with E-state index in [2.05, 4.69) is 10.6 Å². The van der Waals surface area contributed by atoms with E-state index in [0.29, 0.717) is 29.3 Å². The largest absolute Gasteiger partial charge is 0.490 e. The van der Waals surface area contributed by atoms with Crippen LogP contribution in [0.4, 0.5) is 11.4 Å². The first-order valence-corrected chi connectivity index (χ1v) is 9.30. The average Bonchev–Trinajstić information content (AvgIpc) is 3.54. The molecule has 8 nitrogen and oxygen atoms in total. The van der Waals surface area contributed by atoms with Crippen LogP contribution < -0.4 is 20.1 Å². The molecule has 8 heteroatoms. The fourth-order valence-corrected chi connectivity index (χ4v) is 2.61. The average molecular weight is 398 g/mol. The van der Waals surface area contributed by atoms with Gasteiger partial charge in [-0.05, 0) is 62.2 Å². The highest BCUT2D eigenvalue weighted by atomic mass is 16.5. The highest BCUT2D eigenvalue weighted by molar-refractivity contribution is 6.05. The van der Waals surface area contributed by atoms with Gasteiger partial charge in [-0.1, -0.05) is 0 Å². The number of hydrogen-bond acceptors (Lipinski definition) is 5. The van der Waals surface area contributed by atoms with Gasteiger partial charge in [-0.2, -0.15) is 0 Å². The summed E-state index contributed by atoms with van der Waals surface area (Å²) in [7, 11) is 0. The first kappa shape index (κ1) is 20.2. The summed E-state index contributed by atoms with van der Waals surface area (Å²) < 4.78 is 10.6. The maximum atomic E-state index is 12.5. The van der Waals surface area contributed by atoms with E-state index in [1.165, 1.54) is 18.2 Å². The third-order valence-electron chi connectivity index (χ3n) is 4.22. The van der Waals surface area contributed by atoms with Gasteiger partial charge in [0.25, 0.3) is 5.91 Å². The number of carboxylic acid groups (broad SMARTS) is 1. The molecule has 1 aliphatic rings. The van der Waals surface area contributed by atoms with Crippen LogP contribution in [0.5, 0.6) is 11.5 Å². The molecule has 2 amide bonds. The second kappa shape index (κ2) is 9.09. The Hall–Kier alpha value is -3.55. The Morgan fingerprint density at radius 1 is 0.966 bits per heavy atom. The van der Waals surface area contributed by atoms with Crippen molar-refractivity contribution in [3.05, 3.63) is 48.0 Å². The molecule has 0 bridgehead atoms. The smallest absolute Gasteiger partial charge is 0.341 e. The normalized spacial score (nSPS) is 12.7. The molecular weight excluding hydrogens is 376 g/mol. The summed E-state index contributed by atoms with van der Waals surface area (Å²) in [5.41, 5.74) is 1.59. The molecule has 0 saturated heterocycles. The number of hydrogen-bond donors (Lipinski definition) is 3. The SMILES string of the molecule is CCOc1cc(C(=O)Nc2ccc(NC(=O)C3CC3)cc2)ccc1OCC(=O)O. The Labute approximate surface area is 167 Å². The van der Waals surface area contributed by atoms with Gasteiger partial charge in [0.15, 0.2) is 18.1 Å². The molecule has 3 N–H and O–H groups in total. The molecule has 0 radical (unpaired) electrons. The van der Waals surface area contributed by atoms with E-state index >= 15 is 0 Å². The summed E-state index contributed by atoms with van der Waals surface area (Å²) in [6.45, 7) is 1.61. The van der Waals surface area contributed by atoms with E-state index in [1.807, 2.05) is 0 Å². The van der Waals surface area contributed by atoms with Crippen LogP contribution in [0.25, 0.3) is 0 Å². The Kier molecular flexibility index (Phi) is 6.33. The first-order chi connectivity index (χ1) is 14.0. The molecule has 0 atom stereocenters. The van der Waals surface area contributed by atoms with Crippen molar-refractivity contribution in [2.75, 3.05) is 23.8 Å². The lowest BCUT2D eigenvalue weighted by Crippen LogP contribution is -2.14. The molecule has 0 aliphatic heterocycles. The predicted octanol–water partition coefficient (Wildman–Crippen LogP) is 3.15. The van der Waals surface area contributed by atoms with E-state index in [-0.39, 0.29) is 23.5 Å². The number of ether oxygens (including phenoxy) is 2. The van der Waals surface area contributed by atoms with Crippen LogP contribution in [0.3, 0.4) is 0 Å². The highest BCUT2D eigenvalue weighted by Crippen LogP contribution is 2.31. The van der Waals surface area contributed by atoms with Crippen molar-refractivity contribution in [2.24, 2.45) is 5.92 Å². The Balaban J connectivity index is 1.65. The van der Waals surface area contributed by atoms with E-state index in [0.717, 1.165) is 12.8 Å². The number of nitrogens with one attached hydrogen (secondary N) is 2. The quantitative estimate of drug-likeness (QED) is 0.598. The van der Waals surface area contributed by atoms with E-state index in [4.69, 9.17) is 14.6 Å². The van der Waals surface area contributed by atoms with Crippen molar-refractivity contribution >= 4 is 29.2 Å². The second-order valence-corrected chi connectivity index (χ2v) is 6.57. The number of carbonyl (C=O) groups is 3. The molecule has 1 saturated carbocycles. The van der Waals surface area contributed by atoms with Crippen molar-refractivity contribution in [1.82, 2.24) is 0 Å². The molecule has 0 unspecified atom stereocenters. The van der Waals surface area contributed by atoms with Gasteiger partial charge in [0.05, 0.1) is 6.61 Å². The molecule has 3 rings (SSSR count). The molecule has 0 aromatic heterocycles. The molecule has 0 heterocycles. The minimum Gasteiger partial charge on any atom is -0.490 e. The van der Waals surface area contributed by atoms with Gasteiger partial charge < -0.3 is 25.2 Å². The number of carboxylic acids is 1. The van der Waals surface area contributed by atoms with Crippen molar-refractivity contribution in [1.29, 1.82) is 0 Å². The summed E-state index contributed by atoms with van der Waals surface area (Å²) in [5.74, 6) is -0.774. The van der Waals surface area contributed by atoms with Crippen molar-refractivity contribution in [3.63, 3.8) is 0 Å². The number of amides is 2. The molecule has 0 spiro atoms. The standard InChI is InChI=1S/C21H22N2O6/c1-2-28-18-11-14(5-10-17(18)29-12-19(24)25)21(27)23-16-8-6-15(7-9-16)22-20(26)13-3-4-13/h5-11,13H,2-4,12H2,1H3,(H,22,26)(H,23,27)(H,24,25).